The van der Waals surface area contributed by atoms with Gasteiger partial charge < -0.3 is 5.73 Å². The van der Waals surface area contributed by atoms with Gasteiger partial charge in [-0.15, -0.1) is 11.3 Å². The van der Waals surface area contributed by atoms with Crippen LogP contribution < -0.4 is 5.73 Å². The first-order valence-electron chi connectivity index (χ1n) is 7.34. The standard InChI is InChI=1S/C19H14N2OS/c1-11-13-9-5-6-10-14(13)21-19-15(11)16(20)18(23-19)17(22)12-7-3-2-4-8-12/h2-10H,20H2,1H3. The first kappa shape index (κ1) is 13.9. The Morgan fingerprint density at radius 1 is 1.04 bits per heavy atom. The van der Waals surface area contributed by atoms with Crippen LogP contribution in [0.5, 0.6) is 0 Å². The van der Waals surface area contributed by atoms with E-state index in [1.807, 2.05) is 61.5 Å². The summed E-state index contributed by atoms with van der Waals surface area (Å²) in [7, 11) is 0. The van der Waals surface area contributed by atoms with Gasteiger partial charge in [0.25, 0.3) is 0 Å². The molecule has 4 heteroatoms. The minimum Gasteiger partial charge on any atom is -0.397 e. The molecule has 0 atom stereocenters. The van der Waals surface area contributed by atoms with E-state index in [-0.39, 0.29) is 5.78 Å². The molecule has 0 saturated carbocycles. The molecule has 3 nitrogen and oxygen atoms in total. The number of aromatic nitrogens is 1. The van der Waals surface area contributed by atoms with Gasteiger partial charge in [0, 0.05) is 16.3 Å². The maximum Gasteiger partial charge on any atom is 0.205 e. The number of nitrogens with two attached hydrogens (primary N) is 1. The fraction of sp³-hybridized carbons (Fsp3) is 0.0526. The van der Waals surface area contributed by atoms with Crippen LogP contribution in [0.1, 0.15) is 20.8 Å². The number of nitrogen functional groups attached to an aromatic ring is 1. The Kier molecular flexibility index (Phi) is 3.13. The Bertz CT molecular complexity index is 1050. The van der Waals surface area contributed by atoms with E-state index in [2.05, 4.69) is 4.98 Å². The molecule has 4 aromatic rings. The van der Waals surface area contributed by atoms with E-state index in [4.69, 9.17) is 5.73 Å². The summed E-state index contributed by atoms with van der Waals surface area (Å²) in [6, 6.07) is 17.2. The van der Waals surface area contributed by atoms with Crippen molar-refractivity contribution in [1.82, 2.24) is 4.98 Å². The number of para-hydroxylation sites is 1. The van der Waals surface area contributed by atoms with Gasteiger partial charge >= 0.3 is 0 Å². The quantitative estimate of drug-likeness (QED) is 0.551. The Labute approximate surface area is 137 Å². The zero-order valence-electron chi connectivity index (χ0n) is 12.5. The van der Waals surface area contributed by atoms with Gasteiger partial charge in [0.15, 0.2) is 0 Å². The predicted octanol–water partition coefficient (Wildman–Crippen LogP) is 4.57. The number of hydrogen-bond acceptors (Lipinski definition) is 4. The van der Waals surface area contributed by atoms with Crippen molar-refractivity contribution in [3.05, 3.63) is 70.6 Å². The van der Waals surface area contributed by atoms with Crippen LogP contribution in [0.15, 0.2) is 54.6 Å². The molecule has 2 aromatic carbocycles. The van der Waals surface area contributed by atoms with Crippen molar-refractivity contribution in [2.75, 3.05) is 5.73 Å². The van der Waals surface area contributed by atoms with Crippen molar-refractivity contribution in [1.29, 1.82) is 0 Å². The van der Waals surface area contributed by atoms with Gasteiger partial charge in [-0.3, -0.25) is 4.79 Å². The highest BCUT2D eigenvalue weighted by Gasteiger charge is 2.20. The van der Waals surface area contributed by atoms with E-state index >= 15 is 0 Å². The highest BCUT2D eigenvalue weighted by molar-refractivity contribution is 7.21. The van der Waals surface area contributed by atoms with Crippen LogP contribution in [-0.2, 0) is 0 Å². The number of fused-ring (bicyclic) bond motifs is 2. The predicted molar refractivity (Wildman–Crippen MR) is 96.1 cm³/mol. The van der Waals surface area contributed by atoms with Crippen LogP contribution in [0.25, 0.3) is 21.1 Å². The molecular weight excluding hydrogens is 304 g/mol. The number of aryl methyl sites for hydroxylation is 1. The highest BCUT2D eigenvalue weighted by atomic mass is 32.1. The number of carbonyl (C=O) groups excluding carboxylic acids is 1. The molecule has 2 heterocycles. The minimum absolute atomic E-state index is 0.0467. The topological polar surface area (TPSA) is 56.0 Å². The molecule has 23 heavy (non-hydrogen) atoms. The van der Waals surface area contributed by atoms with Crippen LogP contribution in [0.2, 0.25) is 0 Å². The summed E-state index contributed by atoms with van der Waals surface area (Å²) in [6.07, 6.45) is 0. The molecule has 0 radical (unpaired) electrons. The van der Waals surface area contributed by atoms with Gasteiger partial charge in [0.05, 0.1) is 11.2 Å². The molecule has 0 fully saturated rings. The smallest absolute Gasteiger partial charge is 0.205 e. The van der Waals surface area contributed by atoms with E-state index in [1.54, 1.807) is 0 Å². The summed E-state index contributed by atoms with van der Waals surface area (Å²) >= 11 is 1.37. The van der Waals surface area contributed by atoms with Crippen molar-refractivity contribution in [2.24, 2.45) is 0 Å². The molecule has 2 N–H and O–H groups in total. The second-order valence-corrected chi connectivity index (χ2v) is 6.47. The Hall–Kier alpha value is -2.72. The van der Waals surface area contributed by atoms with Crippen LogP contribution in [-0.4, -0.2) is 10.8 Å². The monoisotopic (exact) mass is 318 g/mol. The van der Waals surface area contributed by atoms with E-state index in [0.29, 0.717) is 16.1 Å². The lowest BCUT2D eigenvalue weighted by Crippen LogP contribution is -2.01. The molecular formula is C19H14N2OS. The molecule has 0 aliphatic rings. The SMILES string of the molecule is Cc1c2ccccc2nc2sc(C(=O)c3ccccc3)c(N)c12. The summed E-state index contributed by atoms with van der Waals surface area (Å²) in [5.74, 6) is -0.0467. The van der Waals surface area contributed by atoms with Gasteiger partial charge in [-0.2, -0.15) is 0 Å². The van der Waals surface area contributed by atoms with Crippen LogP contribution in [0.3, 0.4) is 0 Å². The number of hydrogen-bond donors (Lipinski definition) is 1. The maximum atomic E-state index is 12.7. The van der Waals surface area contributed by atoms with Crippen molar-refractivity contribution >= 4 is 43.9 Å². The maximum absolute atomic E-state index is 12.7. The highest BCUT2D eigenvalue weighted by Crippen LogP contribution is 2.38. The number of benzene rings is 2. The molecule has 4 rings (SSSR count). The van der Waals surface area contributed by atoms with Crippen LogP contribution in [0, 0.1) is 6.92 Å². The number of nitrogens with zero attached hydrogens (tertiary/aromatic N) is 1. The summed E-state index contributed by atoms with van der Waals surface area (Å²) in [6.45, 7) is 2.03. The van der Waals surface area contributed by atoms with Gasteiger partial charge in [0.1, 0.15) is 9.71 Å². The number of anilines is 1. The lowest BCUT2D eigenvalue weighted by atomic mass is 10.0. The second-order valence-electron chi connectivity index (χ2n) is 5.47. The zero-order valence-corrected chi connectivity index (χ0v) is 13.4. The second kappa shape index (κ2) is 5.18. The summed E-state index contributed by atoms with van der Waals surface area (Å²) in [4.78, 5) is 18.8. The number of rotatable bonds is 2. The minimum atomic E-state index is -0.0467. The third kappa shape index (κ3) is 2.11. The average Bonchev–Trinajstić information content (AvgIpc) is 2.92. The van der Waals surface area contributed by atoms with E-state index in [1.165, 1.54) is 11.3 Å². The summed E-state index contributed by atoms with van der Waals surface area (Å²) < 4.78 is 0. The molecule has 0 unspecified atom stereocenters. The number of pyridine rings is 1. The van der Waals surface area contributed by atoms with Crippen LogP contribution >= 0.6 is 11.3 Å². The molecule has 0 aliphatic carbocycles. The Morgan fingerprint density at radius 3 is 2.52 bits per heavy atom. The van der Waals surface area contributed by atoms with Crippen molar-refractivity contribution in [2.45, 2.75) is 6.92 Å². The van der Waals surface area contributed by atoms with Gasteiger partial charge in [-0.25, -0.2) is 4.98 Å². The summed E-state index contributed by atoms with van der Waals surface area (Å²) in [5, 5.41) is 1.97. The first-order valence-corrected chi connectivity index (χ1v) is 8.15. The lowest BCUT2D eigenvalue weighted by Gasteiger charge is -2.04. The van der Waals surface area contributed by atoms with Gasteiger partial charge in [-0.05, 0) is 18.6 Å². The molecule has 0 spiro atoms. The van der Waals surface area contributed by atoms with E-state index < -0.39 is 0 Å². The van der Waals surface area contributed by atoms with Gasteiger partial charge in [-0.1, -0.05) is 48.5 Å². The third-order valence-corrected chi connectivity index (χ3v) is 5.17. The van der Waals surface area contributed by atoms with E-state index in [0.717, 1.165) is 26.7 Å². The lowest BCUT2D eigenvalue weighted by molar-refractivity contribution is 0.104. The molecule has 0 bridgehead atoms. The molecule has 0 amide bonds. The van der Waals surface area contributed by atoms with Crippen molar-refractivity contribution in [3.63, 3.8) is 0 Å². The largest absolute Gasteiger partial charge is 0.397 e. The first-order chi connectivity index (χ1) is 11.2. The molecule has 0 aliphatic heterocycles. The normalized spacial score (nSPS) is 11.2. The number of carbonyl (C=O) groups is 1. The summed E-state index contributed by atoms with van der Waals surface area (Å²) in [5.41, 5.74) is 9.51. The third-order valence-electron chi connectivity index (χ3n) is 4.07. The van der Waals surface area contributed by atoms with Crippen LogP contribution in [0.4, 0.5) is 5.69 Å². The zero-order chi connectivity index (χ0) is 16.0. The number of ketones is 1. The van der Waals surface area contributed by atoms with E-state index in [9.17, 15) is 4.79 Å². The molecule has 0 saturated heterocycles. The Balaban J connectivity index is 1.99. The fourth-order valence-corrected chi connectivity index (χ4v) is 4.02. The molecule has 2 aromatic heterocycles. The molecule has 112 valence electrons. The fourth-order valence-electron chi connectivity index (χ4n) is 2.89. The van der Waals surface area contributed by atoms with Crippen molar-refractivity contribution in [3.8, 4) is 0 Å². The number of thiophene rings is 1. The van der Waals surface area contributed by atoms with Gasteiger partial charge in [0.2, 0.25) is 5.78 Å². The Morgan fingerprint density at radius 2 is 1.74 bits per heavy atom. The average molecular weight is 318 g/mol. The van der Waals surface area contributed by atoms with Crippen molar-refractivity contribution < 1.29 is 4.79 Å².